The first-order valence-electron chi connectivity index (χ1n) is 7.31. The zero-order valence-corrected chi connectivity index (χ0v) is 13.2. The molecule has 0 fully saturated rings. The number of amides is 1. The van der Waals surface area contributed by atoms with Crippen LogP contribution < -0.4 is 5.32 Å². The summed E-state index contributed by atoms with van der Waals surface area (Å²) in [5.41, 5.74) is 1.32. The molecule has 0 saturated carbocycles. The predicted molar refractivity (Wildman–Crippen MR) is 88.6 cm³/mol. The van der Waals surface area contributed by atoms with Crippen LogP contribution in [0.2, 0.25) is 5.02 Å². The third kappa shape index (κ3) is 3.95. The number of unbranched alkanes of at least 4 members (excludes halogenated alkanes) is 1. The number of halogens is 1. The molecule has 0 aliphatic heterocycles. The summed E-state index contributed by atoms with van der Waals surface area (Å²) < 4.78 is 0. The number of hydrogen-bond donors (Lipinski definition) is 1. The predicted octanol–water partition coefficient (Wildman–Crippen LogP) is 4.10. The smallest absolute Gasteiger partial charge is 0.252 e. The fraction of sp³-hybridized carbons (Fsp3) is 0.222. The molecule has 0 saturated heterocycles. The van der Waals surface area contributed by atoms with Gasteiger partial charge >= 0.3 is 0 Å². The summed E-state index contributed by atoms with van der Waals surface area (Å²) in [4.78, 5) is 24.8. The molecule has 1 amide bonds. The lowest BCUT2D eigenvalue weighted by molar-refractivity contribution is 0.0941. The molecule has 0 bridgehead atoms. The van der Waals surface area contributed by atoms with E-state index in [-0.39, 0.29) is 11.7 Å². The lowest BCUT2D eigenvalue weighted by Crippen LogP contribution is -2.26. The number of rotatable bonds is 6. The largest absolute Gasteiger partial charge is 0.352 e. The highest BCUT2D eigenvalue weighted by molar-refractivity contribution is 6.30. The van der Waals surface area contributed by atoms with Crippen LogP contribution in [0.3, 0.4) is 0 Å². The van der Waals surface area contributed by atoms with E-state index in [0.717, 1.165) is 12.8 Å². The first-order chi connectivity index (χ1) is 10.6. The second kappa shape index (κ2) is 7.76. The normalized spacial score (nSPS) is 10.3. The van der Waals surface area contributed by atoms with Gasteiger partial charge in [-0.1, -0.05) is 43.1 Å². The molecule has 2 rings (SSSR count). The third-order valence-electron chi connectivity index (χ3n) is 3.34. The molecule has 0 aromatic heterocycles. The van der Waals surface area contributed by atoms with E-state index < -0.39 is 0 Å². The van der Waals surface area contributed by atoms with E-state index in [1.165, 1.54) is 0 Å². The van der Waals surface area contributed by atoms with Crippen LogP contribution in [-0.4, -0.2) is 18.2 Å². The summed E-state index contributed by atoms with van der Waals surface area (Å²) in [7, 11) is 0. The van der Waals surface area contributed by atoms with Crippen molar-refractivity contribution >= 4 is 23.3 Å². The standard InChI is InChI=1S/C18H18ClNO2/c1-2-3-12-20-18(22)16-7-5-4-6-15(16)17(21)13-8-10-14(19)11-9-13/h4-11H,2-3,12H2,1H3,(H,20,22). The zero-order valence-electron chi connectivity index (χ0n) is 12.4. The molecule has 0 unspecified atom stereocenters. The number of hydrogen-bond acceptors (Lipinski definition) is 2. The molecule has 0 aliphatic carbocycles. The number of ketones is 1. The van der Waals surface area contributed by atoms with E-state index in [4.69, 9.17) is 11.6 Å². The molecular formula is C18H18ClNO2. The lowest BCUT2D eigenvalue weighted by Gasteiger charge is -2.09. The molecule has 3 nitrogen and oxygen atoms in total. The van der Waals surface area contributed by atoms with Gasteiger partial charge in [-0.25, -0.2) is 0 Å². The minimum Gasteiger partial charge on any atom is -0.352 e. The van der Waals surface area contributed by atoms with E-state index in [9.17, 15) is 9.59 Å². The van der Waals surface area contributed by atoms with E-state index in [0.29, 0.717) is 28.3 Å². The van der Waals surface area contributed by atoms with Crippen LogP contribution >= 0.6 is 11.6 Å². The molecule has 4 heteroatoms. The maximum atomic E-state index is 12.6. The molecule has 0 radical (unpaired) electrons. The number of nitrogens with one attached hydrogen (secondary N) is 1. The van der Waals surface area contributed by atoms with Crippen LogP contribution in [0.5, 0.6) is 0 Å². The highest BCUT2D eigenvalue weighted by Crippen LogP contribution is 2.17. The Kier molecular flexibility index (Phi) is 5.73. The summed E-state index contributed by atoms with van der Waals surface area (Å²) in [6.07, 6.45) is 1.92. The van der Waals surface area contributed by atoms with Crippen molar-refractivity contribution in [2.24, 2.45) is 0 Å². The zero-order chi connectivity index (χ0) is 15.9. The van der Waals surface area contributed by atoms with Crippen molar-refractivity contribution < 1.29 is 9.59 Å². The molecule has 22 heavy (non-hydrogen) atoms. The van der Waals surface area contributed by atoms with Crippen molar-refractivity contribution in [2.75, 3.05) is 6.54 Å². The second-order valence-corrected chi connectivity index (χ2v) is 5.43. The summed E-state index contributed by atoms with van der Waals surface area (Å²) in [5, 5.41) is 3.41. The summed E-state index contributed by atoms with van der Waals surface area (Å²) >= 11 is 5.84. The van der Waals surface area contributed by atoms with Gasteiger partial charge in [0.15, 0.2) is 5.78 Å². The van der Waals surface area contributed by atoms with Crippen LogP contribution in [0.4, 0.5) is 0 Å². The van der Waals surface area contributed by atoms with Crippen molar-refractivity contribution in [1.82, 2.24) is 5.32 Å². The van der Waals surface area contributed by atoms with Crippen LogP contribution in [0.25, 0.3) is 0 Å². The summed E-state index contributed by atoms with van der Waals surface area (Å²) in [6.45, 7) is 2.67. The maximum absolute atomic E-state index is 12.6. The SMILES string of the molecule is CCCCNC(=O)c1ccccc1C(=O)c1ccc(Cl)cc1. The Morgan fingerprint density at radius 2 is 1.64 bits per heavy atom. The van der Waals surface area contributed by atoms with Gasteiger partial charge in [0.05, 0.1) is 5.56 Å². The monoisotopic (exact) mass is 315 g/mol. The molecular weight excluding hydrogens is 298 g/mol. The van der Waals surface area contributed by atoms with Crippen LogP contribution in [0.15, 0.2) is 48.5 Å². The van der Waals surface area contributed by atoms with Gasteiger partial charge in [-0.3, -0.25) is 9.59 Å². The molecule has 1 N–H and O–H groups in total. The Balaban J connectivity index is 2.25. The fourth-order valence-corrected chi connectivity index (χ4v) is 2.24. The number of benzene rings is 2. The van der Waals surface area contributed by atoms with E-state index in [1.54, 1.807) is 48.5 Å². The summed E-state index contributed by atoms with van der Waals surface area (Å²) in [6, 6.07) is 13.5. The fourth-order valence-electron chi connectivity index (χ4n) is 2.11. The quantitative estimate of drug-likeness (QED) is 0.644. The Hall–Kier alpha value is -2.13. The molecule has 0 spiro atoms. The molecule has 2 aromatic carbocycles. The topological polar surface area (TPSA) is 46.2 Å². The van der Waals surface area contributed by atoms with Gasteiger partial charge in [-0.15, -0.1) is 0 Å². The van der Waals surface area contributed by atoms with Crippen molar-refractivity contribution in [3.8, 4) is 0 Å². The highest BCUT2D eigenvalue weighted by atomic mass is 35.5. The summed E-state index contributed by atoms with van der Waals surface area (Å²) in [5.74, 6) is -0.399. The minimum absolute atomic E-state index is 0.182. The van der Waals surface area contributed by atoms with Crippen LogP contribution in [0.1, 0.15) is 46.0 Å². The first-order valence-corrected chi connectivity index (χ1v) is 7.68. The Bertz CT molecular complexity index is 665. The van der Waals surface area contributed by atoms with E-state index >= 15 is 0 Å². The van der Waals surface area contributed by atoms with Gasteiger partial charge in [-0.05, 0) is 36.8 Å². The average molecular weight is 316 g/mol. The minimum atomic E-state index is -0.216. The molecule has 0 aliphatic rings. The van der Waals surface area contributed by atoms with Crippen molar-refractivity contribution in [1.29, 1.82) is 0 Å². The Labute approximate surface area is 135 Å². The Morgan fingerprint density at radius 1 is 1.00 bits per heavy atom. The van der Waals surface area contributed by atoms with Crippen molar-refractivity contribution in [3.63, 3.8) is 0 Å². The van der Waals surface area contributed by atoms with Gasteiger partial charge in [0.25, 0.3) is 5.91 Å². The maximum Gasteiger partial charge on any atom is 0.252 e. The van der Waals surface area contributed by atoms with Crippen molar-refractivity contribution in [2.45, 2.75) is 19.8 Å². The lowest BCUT2D eigenvalue weighted by atomic mass is 9.98. The molecule has 114 valence electrons. The van der Waals surface area contributed by atoms with Gasteiger partial charge in [0.2, 0.25) is 0 Å². The molecule has 2 aromatic rings. The van der Waals surface area contributed by atoms with Gasteiger partial charge in [-0.2, -0.15) is 0 Å². The van der Waals surface area contributed by atoms with Crippen molar-refractivity contribution in [3.05, 3.63) is 70.2 Å². The highest BCUT2D eigenvalue weighted by Gasteiger charge is 2.17. The molecule has 0 heterocycles. The third-order valence-corrected chi connectivity index (χ3v) is 3.59. The first kappa shape index (κ1) is 16.2. The van der Waals surface area contributed by atoms with Crippen LogP contribution in [0, 0.1) is 0 Å². The van der Waals surface area contributed by atoms with Crippen LogP contribution in [-0.2, 0) is 0 Å². The average Bonchev–Trinajstić information content (AvgIpc) is 2.55. The number of carbonyl (C=O) groups excluding carboxylic acids is 2. The van der Waals surface area contributed by atoms with Gasteiger partial charge in [0.1, 0.15) is 0 Å². The molecule has 0 atom stereocenters. The van der Waals surface area contributed by atoms with Gasteiger partial charge in [0, 0.05) is 22.7 Å². The van der Waals surface area contributed by atoms with Gasteiger partial charge < -0.3 is 5.32 Å². The Morgan fingerprint density at radius 3 is 2.27 bits per heavy atom. The van der Waals surface area contributed by atoms with E-state index in [1.807, 2.05) is 0 Å². The van der Waals surface area contributed by atoms with E-state index in [2.05, 4.69) is 12.2 Å². The number of carbonyl (C=O) groups is 2. The second-order valence-electron chi connectivity index (χ2n) is 4.99.